The van der Waals surface area contributed by atoms with E-state index >= 15 is 0 Å². The van der Waals surface area contributed by atoms with Gasteiger partial charge in [-0.15, -0.1) is 5.10 Å². The normalized spacial score (nSPS) is 10.1. The molecule has 0 radical (unpaired) electrons. The van der Waals surface area contributed by atoms with Crippen LogP contribution in [0.5, 0.6) is 5.75 Å². The maximum atomic E-state index is 11.9. The largest absolute Gasteiger partial charge is 0.495 e. The monoisotopic (exact) mass is 248 g/mol. The number of hydrogen-bond acceptors (Lipinski definition) is 6. The zero-order valence-electron chi connectivity index (χ0n) is 9.91. The lowest BCUT2D eigenvalue weighted by Crippen LogP contribution is -2.13. The molecule has 18 heavy (non-hydrogen) atoms. The molecule has 1 amide bonds. The third-order valence-electron chi connectivity index (χ3n) is 2.23. The number of nitrogens with one attached hydrogen (secondary N) is 1. The van der Waals surface area contributed by atoms with Gasteiger partial charge in [0.1, 0.15) is 5.75 Å². The van der Waals surface area contributed by atoms with Gasteiger partial charge in [0.2, 0.25) is 0 Å². The van der Waals surface area contributed by atoms with E-state index < -0.39 is 0 Å². The van der Waals surface area contributed by atoms with Gasteiger partial charge < -0.3 is 10.5 Å². The van der Waals surface area contributed by atoms with Crippen LogP contribution in [0.25, 0.3) is 0 Å². The van der Waals surface area contributed by atoms with Crippen LogP contribution in [0.2, 0.25) is 0 Å². The fourth-order valence-corrected chi connectivity index (χ4v) is 1.36. The number of amides is 1. The number of carbonyl (C=O) groups excluding carboxylic acids is 1. The van der Waals surface area contributed by atoms with Gasteiger partial charge in [-0.3, -0.25) is 10.1 Å². The lowest BCUT2D eigenvalue weighted by molar-refractivity contribution is 0.102. The van der Waals surface area contributed by atoms with E-state index in [1.54, 1.807) is 25.2 Å². The molecule has 0 saturated heterocycles. The molecule has 0 atom stereocenters. The topological polar surface area (TPSA) is 108 Å². The Bertz CT molecular complexity index is 579. The molecule has 1 aromatic carbocycles. The van der Waals surface area contributed by atoms with E-state index in [0.29, 0.717) is 17.0 Å². The first-order valence-electron chi connectivity index (χ1n) is 5.09. The molecule has 2 rings (SSSR count). The number of anilines is 2. The van der Waals surface area contributed by atoms with Gasteiger partial charge >= 0.3 is 0 Å². The summed E-state index contributed by atoms with van der Waals surface area (Å²) >= 11 is 0. The van der Waals surface area contributed by atoms with Crippen LogP contribution in [-0.2, 0) is 7.05 Å². The number of aromatic nitrogens is 4. The van der Waals surface area contributed by atoms with Gasteiger partial charge in [0.05, 0.1) is 19.8 Å². The Labute approximate surface area is 103 Å². The predicted octanol–water partition coefficient (Wildman–Crippen LogP) is 0.0532. The summed E-state index contributed by atoms with van der Waals surface area (Å²) in [6.45, 7) is 0. The number of nitrogen functional groups attached to an aromatic ring is 1. The first-order chi connectivity index (χ1) is 8.60. The van der Waals surface area contributed by atoms with Crippen molar-refractivity contribution in [2.24, 2.45) is 7.05 Å². The summed E-state index contributed by atoms with van der Waals surface area (Å²) in [7, 11) is 3.09. The second-order valence-electron chi connectivity index (χ2n) is 3.51. The van der Waals surface area contributed by atoms with Crippen molar-refractivity contribution < 1.29 is 9.53 Å². The van der Waals surface area contributed by atoms with Gasteiger partial charge in [-0.25, -0.2) is 0 Å². The average Bonchev–Trinajstić information content (AvgIpc) is 2.75. The van der Waals surface area contributed by atoms with E-state index in [0.717, 1.165) is 0 Å². The standard InChI is InChI=1S/C10H12N6O2/c1-16-14-10(13-15-16)12-9(17)6-3-4-7(11)8(5-6)18-2/h3-5H,11H2,1-2H3,(H,12,14,17). The summed E-state index contributed by atoms with van der Waals surface area (Å²) in [5.41, 5.74) is 6.52. The molecule has 8 heteroatoms. The third-order valence-corrected chi connectivity index (χ3v) is 2.23. The maximum absolute atomic E-state index is 11.9. The van der Waals surface area contributed by atoms with Crippen LogP contribution >= 0.6 is 0 Å². The number of benzene rings is 1. The second-order valence-corrected chi connectivity index (χ2v) is 3.51. The number of hydrogen-bond donors (Lipinski definition) is 2. The van der Waals surface area contributed by atoms with Crippen LogP contribution in [0.15, 0.2) is 18.2 Å². The van der Waals surface area contributed by atoms with Crippen molar-refractivity contribution in [3.63, 3.8) is 0 Å². The molecule has 1 heterocycles. The van der Waals surface area contributed by atoms with E-state index in [2.05, 4.69) is 20.7 Å². The molecule has 94 valence electrons. The smallest absolute Gasteiger partial charge is 0.270 e. The lowest BCUT2D eigenvalue weighted by atomic mass is 10.2. The molecule has 0 aliphatic heterocycles. The molecule has 0 unspecified atom stereocenters. The second kappa shape index (κ2) is 4.70. The first kappa shape index (κ1) is 11.8. The van der Waals surface area contributed by atoms with Gasteiger partial charge in [-0.05, 0) is 23.4 Å². The van der Waals surface area contributed by atoms with E-state index in [-0.39, 0.29) is 11.9 Å². The van der Waals surface area contributed by atoms with Crippen LogP contribution in [0.1, 0.15) is 10.4 Å². The molecule has 8 nitrogen and oxygen atoms in total. The number of nitrogens with zero attached hydrogens (tertiary/aromatic N) is 4. The van der Waals surface area contributed by atoms with Gasteiger partial charge in [0.25, 0.3) is 11.9 Å². The van der Waals surface area contributed by atoms with E-state index in [9.17, 15) is 4.79 Å². The van der Waals surface area contributed by atoms with E-state index in [1.807, 2.05) is 0 Å². The molecule has 0 spiro atoms. The fraction of sp³-hybridized carbons (Fsp3) is 0.200. The van der Waals surface area contributed by atoms with Gasteiger partial charge in [-0.1, -0.05) is 5.10 Å². The molecule has 0 fully saturated rings. The summed E-state index contributed by atoms with van der Waals surface area (Å²) < 4.78 is 5.04. The molecule has 0 aliphatic carbocycles. The number of nitrogens with two attached hydrogens (primary N) is 1. The number of tetrazole rings is 1. The van der Waals surface area contributed by atoms with Crippen molar-refractivity contribution >= 4 is 17.5 Å². The number of rotatable bonds is 3. The van der Waals surface area contributed by atoms with Crippen molar-refractivity contribution in [2.75, 3.05) is 18.2 Å². The van der Waals surface area contributed by atoms with Crippen molar-refractivity contribution in [3.05, 3.63) is 23.8 Å². The molecule has 1 aromatic heterocycles. The zero-order valence-corrected chi connectivity index (χ0v) is 9.91. The molecule has 0 saturated carbocycles. The van der Waals surface area contributed by atoms with Gasteiger partial charge in [0, 0.05) is 5.56 Å². The summed E-state index contributed by atoms with van der Waals surface area (Å²) in [6, 6.07) is 4.72. The molecule has 3 N–H and O–H groups in total. The van der Waals surface area contributed by atoms with Gasteiger partial charge in [0.15, 0.2) is 0 Å². The Morgan fingerprint density at radius 3 is 2.89 bits per heavy atom. The highest BCUT2D eigenvalue weighted by Gasteiger charge is 2.11. The summed E-state index contributed by atoms with van der Waals surface area (Å²) in [5, 5.41) is 13.6. The summed E-state index contributed by atoms with van der Waals surface area (Å²) in [6.07, 6.45) is 0. The minimum Gasteiger partial charge on any atom is -0.495 e. The number of carbonyl (C=O) groups is 1. The molecular weight excluding hydrogens is 236 g/mol. The Morgan fingerprint density at radius 2 is 2.28 bits per heavy atom. The van der Waals surface area contributed by atoms with Crippen molar-refractivity contribution in [3.8, 4) is 5.75 Å². The molecule has 0 bridgehead atoms. The van der Waals surface area contributed by atoms with Crippen LogP contribution in [0.4, 0.5) is 11.6 Å². The third kappa shape index (κ3) is 2.37. The summed E-state index contributed by atoms with van der Waals surface area (Å²) in [4.78, 5) is 13.1. The Kier molecular flexibility index (Phi) is 3.09. The van der Waals surface area contributed by atoms with Crippen LogP contribution in [0, 0.1) is 0 Å². The van der Waals surface area contributed by atoms with E-state index in [4.69, 9.17) is 10.5 Å². The fourth-order valence-electron chi connectivity index (χ4n) is 1.36. The first-order valence-corrected chi connectivity index (χ1v) is 5.09. The highest BCUT2D eigenvalue weighted by atomic mass is 16.5. The van der Waals surface area contributed by atoms with Crippen molar-refractivity contribution in [1.29, 1.82) is 0 Å². The van der Waals surface area contributed by atoms with Crippen LogP contribution < -0.4 is 15.8 Å². The Morgan fingerprint density at radius 1 is 1.50 bits per heavy atom. The predicted molar refractivity (Wildman–Crippen MR) is 64.2 cm³/mol. The summed E-state index contributed by atoms with van der Waals surface area (Å²) in [5.74, 6) is 0.217. The Balaban J connectivity index is 2.18. The lowest BCUT2D eigenvalue weighted by Gasteiger charge is -2.06. The van der Waals surface area contributed by atoms with Crippen LogP contribution in [0.3, 0.4) is 0 Å². The zero-order chi connectivity index (χ0) is 13.1. The van der Waals surface area contributed by atoms with Crippen molar-refractivity contribution in [2.45, 2.75) is 0 Å². The van der Waals surface area contributed by atoms with Crippen LogP contribution in [-0.4, -0.2) is 33.2 Å². The number of aryl methyl sites for hydroxylation is 1. The van der Waals surface area contributed by atoms with Crippen molar-refractivity contribution in [1.82, 2.24) is 20.2 Å². The minimum absolute atomic E-state index is 0.137. The Hall–Kier alpha value is -2.64. The van der Waals surface area contributed by atoms with Gasteiger partial charge in [-0.2, -0.15) is 4.80 Å². The molecule has 0 aliphatic rings. The average molecular weight is 248 g/mol. The highest BCUT2D eigenvalue weighted by Crippen LogP contribution is 2.22. The van der Waals surface area contributed by atoms with E-state index in [1.165, 1.54) is 11.9 Å². The quantitative estimate of drug-likeness (QED) is 0.743. The maximum Gasteiger partial charge on any atom is 0.270 e. The molecule has 2 aromatic rings. The highest BCUT2D eigenvalue weighted by molar-refractivity contribution is 6.03. The number of methoxy groups -OCH3 is 1. The SMILES string of the molecule is COc1cc(C(=O)Nc2nnn(C)n2)ccc1N. The molecular formula is C10H12N6O2. The number of ether oxygens (including phenoxy) is 1. The minimum atomic E-state index is -0.360.